The number of fused-ring (bicyclic) bond motifs is 1. The fourth-order valence-electron chi connectivity index (χ4n) is 2.10. The number of unbranched alkanes of at least 4 members (excludes halogenated alkanes) is 2. The summed E-state index contributed by atoms with van der Waals surface area (Å²) in [5.74, 6) is 0. The van der Waals surface area contributed by atoms with Gasteiger partial charge in [0.15, 0.2) is 0 Å². The fourth-order valence-corrected chi connectivity index (χ4v) is 3.23. The van der Waals surface area contributed by atoms with Crippen LogP contribution in [0.3, 0.4) is 0 Å². The van der Waals surface area contributed by atoms with E-state index in [0.29, 0.717) is 11.4 Å². The summed E-state index contributed by atoms with van der Waals surface area (Å²) >= 11 is 0. The zero-order chi connectivity index (χ0) is 13.0. The Kier molecular flexibility index (Phi) is 4.37. The Morgan fingerprint density at radius 2 is 2.00 bits per heavy atom. The van der Waals surface area contributed by atoms with Crippen molar-refractivity contribution in [2.75, 3.05) is 6.54 Å². The number of benzene rings is 1. The molecule has 0 radical (unpaired) electrons. The maximum Gasteiger partial charge on any atom is 0.240 e. The van der Waals surface area contributed by atoms with Crippen molar-refractivity contribution >= 4 is 10.0 Å². The highest BCUT2D eigenvalue weighted by Crippen LogP contribution is 2.19. The second-order valence-electron chi connectivity index (χ2n) is 4.64. The average molecular weight is 268 g/mol. The Morgan fingerprint density at radius 1 is 1.22 bits per heavy atom. The first-order valence-electron chi connectivity index (χ1n) is 6.45. The first-order chi connectivity index (χ1) is 8.63. The highest BCUT2D eigenvalue weighted by atomic mass is 32.2. The molecule has 1 aromatic rings. The molecule has 0 saturated carbocycles. The topological polar surface area (TPSA) is 58.2 Å². The van der Waals surface area contributed by atoms with Crippen LogP contribution in [0.25, 0.3) is 0 Å². The largest absolute Gasteiger partial charge is 0.309 e. The van der Waals surface area contributed by atoms with Crippen molar-refractivity contribution in [3.63, 3.8) is 0 Å². The molecule has 1 aromatic carbocycles. The summed E-state index contributed by atoms with van der Waals surface area (Å²) in [5.41, 5.74) is 2.28. The monoisotopic (exact) mass is 268 g/mol. The summed E-state index contributed by atoms with van der Waals surface area (Å²) in [4.78, 5) is 0.376. The van der Waals surface area contributed by atoms with Gasteiger partial charge in [0, 0.05) is 19.6 Å². The molecule has 0 fully saturated rings. The van der Waals surface area contributed by atoms with Crippen LogP contribution in [-0.2, 0) is 23.1 Å². The summed E-state index contributed by atoms with van der Waals surface area (Å²) in [5, 5.41) is 3.21. The second kappa shape index (κ2) is 5.82. The molecule has 0 saturated heterocycles. The SMILES string of the molecule is CCCCCNS(=O)(=O)c1ccc2c(c1)CNC2. The summed E-state index contributed by atoms with van der Waals surface area (Å²) < 4.78 is 26.8. The van der Waals surface area contributed by atoms with Crippen molar-refractivity contribution < 1.29 is 8.42 Å². The fraction of sp³-hybridized carbons (Fsp3) is 0.538. The lowest BCUT2D eigenvalue weighted by Crippen LogP contribution is -2.24. The lowest BCUT2D eigenvalue weighted by molar-refractivity contribution is 0.576. The van der Waals surface area contributed by atoms with E-state index in [2.05, 4.69) is 17.0 Å². The van der Waals surface area contributed by atoms with Crippen LogP contribution in [0.4, 0.5) is 0 Å². The number of hydrogen-bond acceptors (Lipinski definition) is 3. The molecule has 0 unspecified atom stereocenters. The molecule has 2 N–H and O–H groups in total. The van der Waals surface area contributed by atoms with Crippen LogP contribution in [0.5, 0.6) is 0 Å². The summed E-state index contributed by atoms with van der Waals surface area (Å²) in [6.45, 7) is 4.21. The predicted octanol–water partition coefficient (Wildman–Crippen LogP) is 1.76. The van der Waals surface area contributed by atoms with Gasteiger partial charge in [-0.05, 0) is 29.7 Å². The highest BCUT2D eigenvalue weighted by Gasteiger charge is 2.17. The van der Waals surface area contributed by atoms with Crippen molar-refractivity contribution in [3.05, 3.63) is 29.3 Å². The molecule has 0 amide bonds. The Balaban J connectivity index is 2.05. The van der Waals surface area contributed by atoms with E-state index in [1.807, 2.05) is 6.07 Å². The normalized spacial score (nSPS) is 14.7. The Morgan fingerprint density at radius 3 is 2.78 bits per heavy atom. The van der Waals surface area contributed by atoms with E-state index in [1.54, 1.807) is 12.1 Å². The van der Waals surface area contributed by atoms with Crippen LogP contribution in [0.15, 0.2) is 23.1 Å². The molecular weight excluding hydrogens is 248 g/mol. The van der Waals surface area contributed by atoms with Gasteiger partial charge in [-0.25, -0.2) is 13.1 Å². The average Bonchev–Trinajstić information content (AvgIpc) is 2.82. The molecule has 0 aliphatic carbocycles. The van der Waals surface area contributed by atoms with Gasteiger partial charge in [0.1, 0.15) is 0 Å². The van der Waals surface area contributed by atoms with E-state index >= 15 is 0 Å². The smallest absolute Gasteiger partial charge is 0.240 e. The minimum Gasteiger partial charge on any atom is -0.309 e. The molecule has 2 rings (SSSR count). The van der Waals surface area contributed by atoms with Gasteiger partial charge in [0.05, 0.1) is 4.90 Å². The van der Waals surface area contributed by atoms with Gasteiger partial charge < -0.3 is 5.32 Å². The van der Waals surface area contributed by atoms with Crippen molar-refractivity contribution in [2.45, 2.75) is 44.2 Å². The van der Waals surface area contributed by atoms with E-state index in [-0.39, 0.29) is 0 Å². The van der Waals surface area contributed by atoms with Crippen LogP contribution >= 0.6 is 0 Å². The minimum absolute atomic E-state index is 0.376. The molecule has 1 aliphatic heterocycles. The summed E-state index contributed by atoms with van der Waals surface area (Å²) in [6, 6.07) is 5.36. The van der Waals surface area contributed by atoms with Crippen molar-refractivity contribution in [2.24, 2.45) is 0 Å². The molecule has 0 aromatic heterocycles. The molecule has 0 spiro atoms. The van der Waals surface area contributed by atoms with Crippen molar-refractivity contribution in [3.8, 4) is 0 Å². The van der Waals surface area contributed by atoms with Gasteiger partial charge in [-0.3, -0.25) is 0 Å². The van der Waals surface area contributed by atoms with E-state index < -0.39 is 10.0 Å². The Bertz CT molecular complexity index is 512. The molecule has 0 atom stereocenters. The van der Waals surface area contributed by atoms with Crippen LogP contribution in [0, 0.1) is 0 Å². The number of hydrogen-bond donors (Lipinski definition) is 2. The predicted molar refractivity (Wildman–Crippen MR) is 71.7 cm³/mol. The van der Waals surface area contributed by atoms with Gasteiger partial charge in [0.25, 0.3) is 0 Å². The molecule has 100 valence electrons. The van der Waals surface area contributed by atoms with Gasteiger partial charge in [-0.2, -0.15) is 0 Å². The second-order valence-corrected chi connectivity index (χ2v) is 6.41. The van der Waals surface area contributed by atoms with Gasteiger partial charge in [-0.15, -0.1) is 0 Å². The highest BCUT2D eigenvalue weighted by molar-refractivity contribution is 7.89. The van der Waals surface area contributed by atoms with Gasteiger partial charge >= 0.3 is 0 Å². The van der Waals surface area contributed by atoms with Gasteiger partial charge in [0.2, 0.25) is 10.0 Å². The van der Waals surface area contributed by atoms with Crippen LogP contribution < -0.4 is 10.0 Å². The molecule has 1 heterocycles. The zero-order valence-corrected chi connectivity index (χ0v) is 11.5. The van der Waals surface area contributed by atoms with Crippen molar-refractivity contribution in [1.82, 2.24) is 10.0 Å². The lowest BCUT2D eigenvalue weighted by Gasteiger charge is -2.08. The maximum absolute atomic E-state index is 12.1. The molecule has 1 aliphatic rings. The Labute approximate surface area is 109 Å². The van der Waals surface area contributed by atoms with Crippen LogP contribution in [0.2, 0.25) is 0 Å². The number of rotatable bonds is 6. The van der Waals surface area contributed by atoms with Crippen molar-refractivity contribution in [1.29, 1.82) is 0 Å². The molecule has 4 nitrogen and oxygen atoms in total. The van der Waals surface area contributed by atoms with Gasteiger partial charge in [-0.1, -0.05) is 25.8 Å². The molecule has 0 bridgehead atoms. The molecule has 18 heavy (non-hydrogen) atoms. The molecule has 5 heteroatoms. The molecular formula is C13H20N2O2S. The third-order valence-electron chi connectivity index (χ3n) is 3.19. The first-order valence-corrected chi connectivity index (χ1v) is 7.94. The van der Waals surface area contributed by atoms with Crippen LogP contribution in [-0.4, -0.2) is 15.0 Å². The standard InChI is InChI=1S/C13H20N2O2S/c1-2-3-4-7-15-18(16,17)13-6-5-11-9-14-10-12(11)8-13/h5-6,8,14-15H,2-4,7,9-10H2,1H3. The first kappa shape index (κ1) is 13.5. The number of nitrogens with one attached hydrogen (secondary N) is 2. The van der Waals surface area contributed by atoms with E-state index in [1.165, 1.54) is 5.56 Å². The number of sulfonamides is 1. The van der Waals surface area contributed by atoms with Crippen LogP contribution in [0.1, 0.15) is 37.3 Å². The third kappa shape index (κ3) is 3.10. The lowest BCUT2D eigenvalue weighted by atomic mass is 10.1. The van der Waals surface area contributed by atoms with E-state index in [9.17, 15) is 8.42 Å². The quantitative estimate of drug-likeness (QED) is 0.773. The maximum atomic E-state index is 12.1. The van der Waals surface area contributed by atoms with E-state index in [0.717, 1.165) is 37.9 Å². The Hall–Kier alpha value is -0.910. The minimum atomic E-state index is -3.34. The zero-order valence-electron chi connectivity index (χ0n) is 10.7. The summed E-state index contributed by atoms with van der Waals surface area (Å²) in [6.07, 6.45) is 3.03. The van der Waals surface area contributed by atoms with E-state index in [4.69, 9.17) is 0 Å². The third-order valence-corrected chi connectivity index (χ3v) is 4.65. The summed E-state index contributed by atoms with van der Waals surface area (Å²) in [7, 11) is -3.34.